The van der Waals surface area contributed by atoms with E-state index in [1.807, 2.05) is 4.90 Å². The zero-order valence-corrected chi connectivity index (χ0v) is 18.3. The molecule has 8 heteroatoms. The van der Waals surface area contributed by atoms with E-state index in [1.54, 1.807) is 0 Å². The normalized spacial score (nSPS) is 23.4. The minimum absolute atomic E-state index is 0.0329. The number of carbonyl (C=O) groups is 2. The molecule has 0 spiro atoms. The van der Waals surface area contributed by atoms with Gasteiger partial charge in [-0.15, -0.1) is 10.2 Å². The number of nitrogens with one attached hydrogen (secondary N) is 1. The third-order valence-corrected chi connectivity index (χ3v) is 6.89. The summed E-state index contributed by atoms with van der Waals surface area (Å²) in [5.74, 6) is 2.69. The Balaban J connectivity index is 1.42. The molecule has 3 aliphatic rings. The molecule has 2 aliphatic heterocycles. The summed E-state index contributed by atoms with van der Waals surface area (Å²) in [6.07, 6.45) is 7.07. The van der Waals surface area contributed by atoms with E-state index in [-0.39, 0.29) is 29.7 Å². The van der Waals surface area contributed by atoms with Crippen molar-refractivity contribution in [3.05, 3.63) is 11.6 Å². The van der Waals surface area contributed by atoms with Crippen molar-refractivity contribution in [3.8, 4) is 0 Å². The predicted molar refractivity (Wildman–Crippen MR) is 112 cm³/mol. The smallest absolute Gasteiger partial charge is 0.226 e. The van der Waals surface area contributed by atoms with Gasteiger partial charge in [0.1, 0.15) is 5.82 Å². The predicted octanol–water partition coefficient (Wildman–Crippen LogP) is 2.09. The van der Waals surface area contributed by atoms with Crippen molar-refractivity contribution in [1.29, 1.82) is 0 Å². The molecule has 166 valence electrons. The lowest BCUT2D eigenvalue weighted by molar-refractivity contribution is -0.132. The first kappa shape index (κ1) is 21.3. The summed E-state index contributed by atoms with van der Waals surface area (Å²) in [7, 11) is 0. The van der Waals surface area contributed by atoms with Crippen LogP contribution in [-0.2, 0) is 27.3 Å². The van der Waals surface area contributed by atoms with Gasteiger partial charge in [-0.2, -0.15) is 0 Å². The fraction of sp³-hybridized carbons (Fsp3) is 0.818. The highest BCUT2D eigenvalue weighted by molar-refractivity contribution is 5.79. The molecule has 1 aromatic rings. The third-order valence-electron chi connectivity index (χ3n) is 6.89. The third kappa shape index (κ3) is 4.68. The van der Waals surface area contributed by atoms with Gasteiger partial charge in [-0.25, -0.2) is 0 Å². The van der Waals surface area contributed by atoms with Gasteiger partial charge in [0.05, 0.1) is 18.6 Å². The molecule has 2 fully saturated rings. The van der Waals surface area contributed by atoms with E-state index in [4.69, 9.17) is 4.74 Å². The Morgan fingerprint density at radius 3 is 2.63 bits per heavy atom. The Labute approximate surface area is 178 Å². The van der Waals surface area contributed by atoms with Crippen LogP contribution in [0.4, 0.5) is 0 Å². The van der Waals surface area contributed by atoms with Gasteiger partial charge in [0.15, 0.2) is 5.82 Å². The maximum atomic E-state index is 12.8. The molecule has 1 aromatic heterocycles. The number of amides is 2. The zero-order valence-electron chi connectivity index (χ0n) is 18.3. The fourth-order valence-electron chi connectivity index (χ4n) is 4.96. The molecule has 1 aliphatic carbocycles. The molecular formula is C22H35N5O3. The Bertz CT molecular complexity index is 750. The van der Waals surface area contributed by atoms with Crippen LogP contribution < -0.4 is 5.32 Å². The highest BCUT2D eigenvalue weighted by Crippen LogP contribution is 2.29. The zero-order chi connectivity index (χ0) is 21.1. The van der Waals surface area contributed by atoms with E-state index in [1.165, 1.54) is 25.7 Å². The molecule has 1 saturated carbocycles. The summed E-state index contributed by atoms with van der Waals surface area (Å²) in [5.41, 5.74) is 0. The molecule has 2 unspecified atom stereocenters. The van der Waals surface area contributed by atoms with Crippen LogP contribution in [0.2, 0.25) is 0 Å². The first-order valence-electron chi connectivity index (χ1n) is 11.6. The number of carbonyl (C=O) groups excluding carboxylic acids is 2. The molecular weight excluding hydrogens is 382 g/mol. The summed E-state index contributed by atoms with van der Waals surface area (Å²) >= 11 is 0. The van der Waals surface area contributed by atoms with E-state index in [0.29, 0.717) is 51.6 Å². The van der Waals surface area contributed by atoms with Crippen LogP contribution in [0.25, 0.3) is 0 Å². The Kier molecular flexibility index (Phi) is 6.71. The molecule has 8 nitrogen and oxygen atoms in total. The topological polar surface area (TPSA) is 89.3 Å². The van der Waals surface area contributed by atoms with Crippen molar-refractivity contribution >= 4 is 11.8 Å². The van der Waals surface area contributed by atoms with E-state index in [0.717, 1.165) is 18.1 Å². The maximum absolute atomic E-state index is 12.8. The lowest BCUT2D eigenvalue weighted by Gasteiger charge is -2.25. The molecule has 3 heterocycles. The van der Waals surface area contributed by atoms with Gasteiger partial charge in [0.2, 0.25) is 11.8 Å². The van der Waals surface area contributed by atoms with E-state index in [2.05, 4.69) is 33.9 Å². The molecule has 0 radical (unpaired) electrons. The number of fused-ring (bicyclic) bond motifs is 1. The lowest BCUT2D eigenvalue weighted by Crippen LogP contribution is -2.38. The minimum atomic E-state index is -0.194. The summed E-state index contributed by atoms with van der Waals surface area (Å²) in [5, 5.41) is 12.1. The van der Waals surface area contributed by atoms with Gasteiger partial charge in [-0.05, 0) is 31.1 Å². The standard InChI is InChI=1S/C22H35N5O3/c1-15(2)20(23-22(29)17-8-12-30-14-17)21-25-24-18-7-9-26(10-11-27(18)21)19(28)13-16-5-3-4-6-16/h15-17,20H,3-14H2,1-2H3,(H,23,29). The van der Waals surface area contributed by atoms with Gasteiger partial charge in [-0.3, -0.25) is 9.59 Å². The maximum Gasteiger partial charge on any atom is 0.226 e. The molecule has 2 amide bonds. The molecule has 2 atom stereocenters. The number of aromatic nitrogens is 3. The second kappa shape index (κ2) is 9.45. The summed E-state index contributed by atoms with van der Waals surface area (Å²) in [4.78, 5) is 27.5. The minimum Gasteiger partial charge on any atom is -0.381 e. The summed E-state index contributed by atoms with van der Waals surface area (Å²) < 4.78 is 7.49. The van der Waals surface area contributed by atoms with Crippen molar-refractivity contribution in [2.24, 2.45) is 17.8 Å². The number of nitrogens with zero attached hydrogens (tertiary/aromatic N) is 4. The van der Waals surface area contributed by atoms with Crippen molar-refractivity contribution in [2.75, 3.05) is 26.3 Å². The second-order valence-electron chi connectivity index (χ2n) is 9.40. The van der Waals surface area contributed by atoms with E-state index in [9.17, 15) is 9.59 Å². The van der Waals surface area contributed by atoms with Crippen molar-refractivity contribution < 1.29 is 14.3 Å². The summed E-state index contributed by atoms with van der Waals surface area (Å²) in [6, 6.07) is -0.194. The van der Waals surface area contributed by atoms with Crippen LogP contribution in [0.1, 0.15) is 70.1 Å². The van der Waals surface area contributed by atoms with Gasteiger partial charge in [0, 0.05) is 39.1 Å². The van der Waals surface area contributed by atoms with Crippen LogP contribution in [0.5, 0.6) is 0 Å². The van der Waals surface area contributed by atoms with Crippen molar-refractivity contribution in [2.45, 2.75) is 71.4 Å². The first-order valence-corrected chi connectivity index (χ1v) is 11.6. The molecule has 1 N–H and O–H groups in total. The molecule has 0 bridgehead atoms. The lowest BCUT2D eigenvalue weighted by atomic mass is 10.0. The Morgan fingerprint density at radius 1 is 1.13 bits per heavy atom. The van der Waals surface area contributed by atoms with E-state index < -0.39 is 0 Å². The SMILES string of the molecule is CC(C)C(NC(=O)C1CCOC1)c1nnc2n1CCN(C(=O)CC1CCCC1)CC2. The monoisotopic (exact) mass is 417 g/mol. The summed E-state index contributed by atoms with van der Waals surface area (Å²) in [6.45, 7) is 7.38. The molecule has 1 saturated heterocycles. The van der Waals surface area contributed by atoms with Gasteiger partial charge in [-0.1, -0.05) is 26.7 Å². The van der Waals surface area contributed by atoms with Crippen LogP contribution in [0.15, 0.2) is 0 Å². The first-order chi connectivity index (χ1) is 14.5. The molecule has 4 rings (SSSR count). The quantitative estimate of drug-likeness (QED) is 0.766. The van der Waals surface area contributed by atoms with E-state index >= 15 is 0 Å². The van der Waals surface area contributed by atoms with Crippen LogP contribution in [0, 0.1) is 17.8 Å². The fourth-order valence-corrected chi connectivity index (χ4v) is 4.96. The Morgan fingerprint density at radius 2 is 1.93 bits per heavy atom. The average Bonchev–Trinajstić information content (AvgIpc) is 3.47. The van der Waals surface area contributed by atoms with Gasteiger partial charge < -0.3 is 19.5 Å². The number of hydrogen-bond donors (Lipinski definition) is 1. The average molecular weight is 418 g/mol. The molecule has 30 heavy (non-hydrogen) atoms. The van der Waals surface area contributed by atoms with Gasteiger partial charge in [0.25, 0.3) is 0 Å². The van der Waals surface area contributed by atoms with Crippen molar-refractivity contribution in [1.82, 2.24) is 25.0 Å². The van der Waals surface area contributed by atoms with Crippen LogP contribution >= 0.6 is 0 Å². The van der Waals surface area contributed by atoms with Crippen LogP contribution in [-0.4, -0.2) is 57.8 Å². The van der Waals surface area contributed by atoms with Crippen molar-refractivity contribution in [3.63, 3.8) is 0 Å². The highest BCUT2D eigenvalue weighted by atomic mass is 16.5. The van der Waals surface area contributed by atoms with Crippen LogP contribution in [0.3, 0.4) is 0 Å². The second-order valence-corrected chi connectivity index (χ2v) is 9.40. The Hall–Kier alpha value is -1.96. The number of hydrogen-bond acceptors (Lipinski definition) is 5. The number of rotatable bonds is 6. The number of ether oxygens (including phenoxy) is 1. The molecule has 0 aromatic carbocycles. The van der Waals surface area contributed by atoms with Gasteiger partial charge >= 0.3 is 0 Å². The largest absolute Gasteiger partial charge is 0.381 e. The highest BCUT2D eigenvalue weighted by Gasteiger charge is 2.32.